The molecule has 0 N–H and O–H groups in total. The Kier molecular flexibility index (Phi) is 4.34. The van der Waals surface area contributed by atoms with Crippen molar-refractivity contribution in [3.63, 3.8) is 0 Å². The number of halogens is 2. The molecule has 0 atom stereocenters. The van der Waals surface area contributed by atoms with E-state index < -0.39 is 4.92 Å². The van der Waals surface area contributed by atoms with Gasteiger partial charge < -0.3 is 0 Å². The Morgan fingerprint density at radius 1 is 1.20 bits per heavy atom. The summed E-state index contributed by atoms with van der Waals surface area (Å²) in [7, 11) is 0. The van der Waals surface area contributed by atoms with Gasteiger partial charge in [-0.1, -0.05) is 41.4 Å². The molecule has 5 heteroatoms. The van der Waals surface area contributed by atoms with Gasteiger partial charge in [0.25, 0.3) is 0 Å². The van der Waals surface area contributed by atoms with Crippen LogP contribution in [0.5, 0.6) is 0 Å². The van der Waals surface area contributed by atoms with Gasteiger partial charge in [-0.2, -0.15) is 0 Å². The van der Waals surface area contributed by atoms with Gasteiger partial charge in [-0.15, -0.1) is 0 Å². The van der Waals surface area contributed by atoms with Crippen LogP contribution in [0, 0.1) is 10.1 Å². The second kappa shape index (κ2) is 5.53. The van der Waals surface area contributed by atoms with Crippen molar-refractivity contribution in [3.05, 3.63) is 62.3 Å². The molecule has 0 saturated carbocycles. The van der Waals surface area contributed by atoms with Gasteiger partial charge in [-0.25, -0.2) is 0 Å². The third-order valence-electron chi connectivity index (χ3n) is 1.58. The van der Waals surface area contributed by atoms with E-state index in [1.807, 2.05) is 0 Å². The first kappa shape index (κ1) is 11.8. The van der Waals surface area contributed by atoms with Crippen molar-refractivity contribution < 1.29 is 4.92 Å². The van der Waals surface area contributed by atoms with Crippen LogP contribution in [0.2, 0.25) is 10.0 Å². The molecule has 0 unspecified atom stereocenters. The fraction of sp³-hybridized carbons (Fsp3) is 0. The minimum Gasteiger partial charge on any atom is -0.259 e. The third-order valence-corrected chi connectivity index (χ3v) is 2.24. The van der Waals surface area contributed by atoms with E-state index in [0.29, 0.717) is 15.6 Å². The van der Waals surface area contributed by atoms with Gasteiger partial charge in [0.1, 0.15) is 0 Å². The summed E-state index contributed by atoms with van der Waals surface area (Å²) in [4.78, 5) is 9.43. The summed E-state index contributed by atoms with van der Waals surface area (Å²) in [5.41, 5.74) is 0.647. The van der Waals surface area contributed by atoms with E-state index in [1.54, 1.807) is 24.3 Å². The van der Waals surface area contributed by atoms with Crippen LogP contribution in [-0.4, -0.2) is 4.92 Å². The molecule has 0 heterocycles. The standard InChI is InChI=1S/C10H7Cl2NO2/c11-9-5-3-6-10(12)8(9)4-1-2-7-13(14)15/h1-7H. The lowest BCUT2D eigenvalue weighted by Crippen LogP contribution is -1.80. The van der Waals surface area contributed by atoms with E-state index in [4.69, 9.17) is 23.2 Å². The molecule has 78 valence electrons. The van der Waals surface area contributed by atoms with Gasteiger partial charge in [-0.3, -0.25) is 10.1 Å². The quantitative estimate of drug-likeness (QED) is 0.461. The summed E-state index contributed by atoms with van der Waals surface area (Å²) in [5, 5.41) is 11.0. The van der Waals surface area contributed by atoms with Crippen LogP contribution in [0.15, 0.2) is 36.6 Å². The molecule has 0 bridgehead atoms. The lowest BCUT2D eigenvalue weighted by atomic mass is 10.2. The van der Waals surface area contributed by atoms with Crippen LogP contribution in [0.1, 0.15) is 5.56 Å². The molecule has 0 fully saturated rings. The zero-order valence-corrected chi connectivity index (χ0v) is 9.07. The highest BCUT2D eigenvalue weighted by molar-refractivity contribution is 6.37. The second-order valence-corrected chi connectivity index (χ2v) is 3.44. The smallest absolute Gasteiger partial charge is 0.234 e. The Balaban J connectivity index is 2.85. The Labute approximate surface area is 96.8 Å². The minimum atomic E-state index is -0.543. The van der Waals surface area contributed by atoms with E-state index in [-0.39, 0.29) is 0 Å². The fourth-order valence-electron chi connectivity index (χ4n) is 0.942. The number of benzene rings is 1. The molecule has 3 nitrogen and oxygen atoms in total. The number of hydrogen-bond donors (Lipinski definition) is 0. The number of nitro groups is 1. The number of rotatable bonds is 3. The fourth-order valence-corrected chi connectivity index (χ4v) is 1.47. The maximum Gasteiger partial charge on any atom is 0.234 e. The van der Waals surface area contributed by atoms with Crippen molar-refractivity contribution in [2.24, 2.45) is 0 Å². The van der Waals surface area contributed by atoms with Gasteiger partial charge in [0.15, 0.2) is 0 Å². The maximum absolute atomic E-state index is 9.98. The summed E-state index contributed by atoms with van der Waals surface area (Å²) in [6.45, 7) is 0. The number of nitrogens with zero attached hydrogens (tertiary/aromatic N) is 1. The number of allylic oxidation sites excluding steroid dienone is 2. The van der Waals surface area contributed by atoms with E-state index in [1.165, 1.54) is 12.2 Å². The lowest BCUT2D eigenvalue weighted by molar-refractivity contribution is -0.402. The van der Waals surface area contributed by atoms with Crippen LogP contribution in [0.3, 0.4) is 0 Å². The monoisotopic (exact) mass is 243 g/mol. The predicted molar refractivity (Wildman–Crippen MR) is 61.6 cm³/mol. The molecule has 0 amide bonds. The summed E-state index contributed by atoms with van der Waals surface area (Å²) in [5.74, 6) is 0. The van der Waals surface area contributed by atoms with Gasteiger partial charge in [0.2, 0.25) is 6.20 Å². The molecular weight excluding hydrogens is 237 g/mol. The topological polar surface area (TPSA) is 43.1 Å². The molecular formula is C10H7Cl2NO2. The van der Waals surface area contributed by atoms with Gasteiger partial charge in [-0.05, 0) is 12.1 Å². The molecule has 0 radical (unpaired) electrons. The summed E-state index contributed by atoms with van der Waals surface area (Å²) >= 11 is 11.8. The van der Waals surface area contributed by atoms with Gasteiger partial charge in [0.05, 0.1) is 4.92 Å². The predicted octanol–water partition coefficient (Wildman–Crippen LogP) is 3.80. The van der Waals surface area contributed by atoms with E-state index in [0.717, 1.165) is 6.20 Å². The van der Waals surface area contributed by atoms with Gasteiger partial charge >= 0.3 is 0 Å². The SMILES string of the molecule is O=[N+]([O-])C=CC=Cc1c(Cl)cccc1Cl. The second-order valence-electron chi connectivity index (χ2n) is 2.62. The van der Waals surface area contributed by atoms with Crippen LogP contribution in [0.4, 0.5) is 0 Å². The van der Waals surface area contributed by atoms with E-state index in [2.05, 4.69) is 0 Å². The van der Waals surface area contributed by atoms with Crippen molar-refractivity contribution in [3.8, 4) is 0 Å². The highest BCUT2D eigenvalue weighted by atomic mass is 35.5. The molecule has 0 spiro atoms. The first-order valence-electron chi connectivity index (χ1n) is 4.03. The van der Waals surface area contributed by atoms with Crippen molar-refractivity contribution >= 4 is 29.3 Å². The summed E-state index contributed by atoms with van der Waals surface area (Å²) < 4.78 is 0. The van der Waals surface area contributed by atoms with E-state index in [9.17, 15) is 10.1 Å². The van der Waals surface area contributed by atoms with Crippen molar-refractivity contribution in [1.29, 1.82) is 0 Å². The Hall–Kier alpha value is -1.32. The molecule has 0 aromatic heterocycles. The summed E-state index contributed by atoms with van der Waals surface area (Å²) in [6, 6.07) is 5.13. The molecule has 1 aromatic rings. The van der Waals surface area contributed by atoms with Crippen molar-refractivity contribution in [2.75, 3.05) is 0 Å². The first-order chi connectivity index (χ1) is 7.11. The molecule has 0 aliphatic rings. The Morgan fingerprint density at radius 2 is 1.80 bits per heavy atom. The van der Waals surface area contributed by atoms with Crippen molar-refractivity contribution in [2.45, 2.75) is 0 Å². The summed E-state index contributed by atoms with van der Waals surface area (Å²) in [6.07, 6.45) is 5.27. The van der Waals surface area contributed by atoms with Crippen molar-refractivity contribution in [1.82, 2.24) is 0 Å². The van der Waals surface area contributed by atoms with E-state index >= 15 is 0 Å². The van der Waals surface area contributed by atoms with Crippen LogP contribution < -0.4 is 0 Å². The average molecular weight is 244 g/mol. The molecule has 15 heavy (non-hydrogen) atoms. The number of hydrogen-bond acceptors (Lipinski definition) is 2. The molecule has 0 aliphatic carbocycles. The van der Waals surface area contributed by atoms with Gasteiger partial charge in [0, 0.05) is 21.7 Å². The lowest BCUT2D eigenvalue weighted by Gasteiger charge is -1.99. The molecule has 0 saturated heterocycles. The maximum atomic E-state index is 9.98. The zero-order chi connectivity index (χ0) is 11.3. The first-order valence-corrected chi connectivity index (χ1v) is 4.79. The highest BCUT2D eigenvalue weighted by Gasteiger charge is 1.99. The largest absolute Gasteiger partial charge is 0.259 e. The zero-order valence-electron chi connectivity index (χ0n) is 7.56. The highest BCUT2D eigenvalue weighted by Crippen LogP contribution is 2.25. The normalized spacial score (nSPS) is 11.3. The average Bonchev–Trinajstić information content (AvgIpc) is 2.15. The third kappa shape index (κ3) is 3.73. The Morgan fingerprint density at radius 3 is 2.33 bits per heavy atom. The van der Waals surface area contributed by atoms with Crippen LogP contribution in [-0.2, 0) is 0 Å². The molecule has 1 rings (SSSR count). The molecule has 1 aromatic carbocycles. The Bertz CT molecular complexity index is 407. The van der Waals surface area contributed by atoms with Crippen LogP contribution >= 0.6 is 23.2 Å². The minimum absolute atomic E-state index is 0.508. The molecule has 0 aliphatic heterocycles. The van der Waals surface area contributed by atoms with Crippen LogP contribution in [0.25, 0.3) is 6.08 Å².